The number of nitrogens with zero attached hydrogens (tertiary/aromatic N) is 4. The third-order valence-corrected chi connectivity index (χ3v) is 4.21. The maximum absolute atomic E-state index is 12.9. The summed E-state index contributed by atoms with van der Waals surface area (Å²) in [5.74, 6) is -0.00158. The summed E-state index contributed by atoms with van der Waals surface area (Å²) in [6, 6.07) is 9.44. The summed E-state index contributed by atoms with van der Waals surface area (Å²) in [6.45, 7) is 2.03. The van der Waals surface area contributed by atoms with E-state index < -0.39 is 0 Å². The molecule has 0 N–H and O–H groups in total. The zero-order chi connectivity index (χ0) is 17.2. The van der Waals surface area contributed by atoms with E-state index in [1.54, 1.807) is 18.6 Å². The summed E-state index contributed by atoms with van der Waals surface area (Å²) < 4.78 is 1.88. The first-order valence-corrected chi connectivity index (χ1v) is 8.03. The van der Waals surface area contributed by atoms with E-state index in [0.717, 1.165) is 22.4 Å². The minimum absolute atomic E-state index is 0.00158. The number of Topliss-reactive ketones (excluding diaryl/α,β-unsaturated/α-hetero) is 1. The van der Waals surface area contributed by atoms with Crippen LogP contribution in [0.1, 0.15) is 21.6 Å². The minimum atomic E-state index is -0.00158. The largest absolute Gasteiger partial charge is 0.306 e. The SMILES string of the molecule is Cc1ccncc1-c1cc(C(=O)Cc2ccccn2)c2nccn2c1. The van der Waals surface area contributed by atoms with Gasteiger partial charge in [0.25, 0.3) is 0 Å². The van der Waals surface area contributed by atoms with Gasteiger partial charge in [0.2, 0.25) is 0 Å². The second-order valence-electron chi connectivity index (χ2n) is 5.91. The van der Waals surface area contributed by atoms with E-state index in [9.17, 15) is 4.79 Å². The number of hydrogen-bond donors (Lipinski definition) is 0. The third-order valence-electron chi connectivity index (χ3n) is 4.21. The van der Waals surface area contributed by atoms with Crippen LogP contribution in [0.15, 0.2) is 67.5 Å². The van der Waals surface area contributed by atoms with E-state index in [0.29, 0.717) is 11.2 Å². The van der Waals surface area contributed by atoms with Crippen molar-refractivity contribution in [3.05, 3.63) is 84.3 Å². The van der Waals surface area contributed by atoms with Gasteiger partial charge in [-0.2, -0.15) is 0 Å². The third kappa shape index (κ3) is 2.92. The molecule has 122 valence electrons. The molecule has 4 rings (SSSR count). The van der Waals surface area contributed by atoms with Gasteiger partial charge in [-0.05, 0) is 36.8 Å². The molecule has 5 nitrogen and oxygen atoms in total. The highest BCUT2D eigenvalue weighted by Crippen LogP contribution is 2.25. The number of carbonyl (C=O) groups is 1. The first-order valence-electron chi connectivity index (χ1n) is 8.03. The van der Waals surface area contributed by atoms with Crippen LogP contribution in [0.4, 0.5) is 0 Å². The van der Waals surface area contributed by atoms with Crippen LogP contribution in [0, 0.1) is 6.92 Å². The van der Waals surface area contributed by atoms with Crippen LogP contribution >= 0.6 is 0 Å². The predicted molar refractivity (Wildman–Crippen MR) is 95.4 cm³/mol. The van der Waals surface area contributed by atoms with Crippen molar-refractivity contribution in [3.8, 4) is 11.1 Å². The molecule has 4 aromatic heterocycles. The molecule has 0 aliphatic carbocycles. The summed E-state index contributed by atoms with van der Waals surface area (Å²) >= 11 is 0. The van der Waals surface area contributed by atoms with Crippen molar-refractivity contribution < 1.29 is 4.79 Å². The normalized spacial score (nSPS) is 10.9. The number of rotatable bonds is 4. The lowest BCUT2D eigenvalue weighted by Crippen LogP contribution is -2.08. The standard InChI is InChI=1S/C20H16N4O/c1-14-5-7-21-12-18(14)15-10-17(20-23-8-9-24(20)13-15)19(25)11-16-4-2-3-6-22-16/h2-10,12-13H,11H2,1H3. The Balaban J connectivity index is 1.81. The molecule has 0 radical (unpaired) electrons. The average Bonchev–Trinajstić information content (AvgIpc) is 3.10. The maximum Gasteiger partial charge on any atom is 0.172 e. The average molecular weight is 328 g/mol. The van der Waals surface area contributed by atoms with Crippen LogP contribution in [0.5, 0.6) is 0 Å². The Morgan fingerprint density at radius 1 is 1.12 bits per heavy atom. The van der Waals surface area contributed by atoms with Gasteiger partial charge in [0.05, 0.1) is 12.0 Å². The quantitative estimate of drug-likeness (QED) is 0.538. The number of aryl methyl sites for hydroxylation is 1. The van der Waals surface area contributed by atoms with E-state index in [4.69, 9.17) is 0 Å². The van der Waals surface area contributed by atoms with Gasteiger partial charge < -0.3 is 4.40 Å². The molecule has 25 heavy (non-hydrogen) atoms. The zero-order valence-electron chi connectivity index (χ0n) is 13.8. The Hall–Kier alpha value is -3.34. The smallest absolute Gasteiger partial charge is 0.172 e. The number of pyridine rings is 3. The number of ketones is 1. The highest BCUT2D eigenvalue weighted by Gasteiger charge is 2.16. The van der Waals surface area contributed by atoms with E-state index >= 15 is 0 Å². The molecule has 5 heteroatoms. The summed E-state index contributed by atoms with van der Waals surface area (Å²) in [6.07, 6.45) is 11.1. The fourth-order valence-corrected chi connectivity index (χ4v) is 2.91. The molecule has 0 amide bonds. The van der Waals surface area contributed by atoms with Crippen LogP contribution < -0.4 is 0 Å². The molecular weight excluding hydrogens is 312 g/mol. The highest BCUT2D eigenvalue weighted by atomic mass is 16.1. The fraction of sp³-hybridized carbons (Fsp3) is 0.100. The maximum atomic E-state index is 12.9. The summed E-state index contributed by atoms with van der Waals surface area (Å²) in [4.78, 5) is 25.7. The molecule has 0 saturated heterocycles. The van der Waals surface area contributed by atoms with Crippen molar-refractivity contribution in [2.45, 2.75) is 13.3 Å². The molecular formula is C20H16N4O. The monoisotopic (exact) mass is 328 g/mol. The molecule has 4 aromatic rings. The van der Waals surface area contributed by atoms with Gasteiger partial charge in [-0.3, -0.25) is 14.8 Å². The van der Waals surface area contributed by atoms with E-state index in [2.05, 4.69) is 15.0 Å². The number of aromatic nitrogens is 4. The molecule has 4 heterocycles. The second-order valence-corrected chi connectivity index (χ2v) is 5.91. The Bertz CT molecular complexity index is 1050. The molecule has 0 saturated carbocycles. The van der Waals surface area contributed by atoms with Gasteiger partial charge in [-0.25, -0.2) is 4.98 Å². The molecule has 0 aromatic carbocycles. The Morgan fingerprint density at radius 2 is 2.04 bits per heavy atom. The summed E-state index contributed by atoms with van der Waals surface area (Å²) in [5.41, 5.74) is 5.06. The Labute approximate surface area is 145 Å². The second kappa shape index (κ2) is 6.28. The van der Waals surface area contributed by atoms with Crippen LogP contribution in [-0.2, 0) is 6.42 Å². The topological polar surface area (TPSA) is 60.2 Å². The fourth-order valence-electron chi connectivity index (χ4n) is 2.91. The molecule has 0 unspecified atom stereocenters. The minimum Gasteiger partial charge on any atom is -0.306 e. The Morgan fingerprint density at radius 3 is 2.84 bits per heavy atom. The van der Waals surface area contributed by atoms with Crippen molar-refractivity contribution >= 4 is 11.4 Å². The molecule has 0 aliphatic heterocycles. The molecule has 0 fully saturated rings. The summed E-state index contributed by atoms with van der Waals surface area (Å²) in [7, 11) is 0. The number of imidazole rings is 1. The number of hydrogen-bond acceptors (Lipinski definition) is 4. The van der Waals surface area contributed by atoms with Gasteiger partial charge in [0.15, 0.2) is 5.78 Å². The number of carbonyl (C=O) groups excluding carboxylic acids is 1. The number of fused-ring (bicyclic) bond motifs is 1. The molecule has 0 bridgehead atoms. The van der Waals surface area contributed by atoms with Crippen LogP contribution in [0.25, 0.3) is 16.8 Å². The van der Waals surface area contributed by atoms with Gasteiger partial charge >= 0.3 is 0 Å². The van der Waals surface area contributed by atoms with Crippen LogP contribution in [-0.4, -0.2) is 25.1 Å². The van der Waals surface area contributed by atoms with Gasteiger partial charge in [-0.15, -0.1) is 0 Å². The zero-order valence-corrected chi connectivity index (χ0v) is 13.8. The van der Waals surface area contributed by atoms with Gasteiger partial charge in [0.1, 0.15) is 5.65 Å². The molecule has 0 atom stereocenters. The molecule has 0 spiro atoms. The lowest BCUT2D eigenvalue weighted by atomic mass is 10.0. The van der Waals surface area contributed by atoms with Crippen LogP contribution in [0.3, 0.4) is 0 Å². The van der Waals surface area contributed by atoms with E-state index in [-0.39, 0.29) is 12.2 Å². The lowest BCUT2D eigenvalue weighted by molar-refractivity contribution is 0.0993. The predicted octanol–water partition coefficient (Wildman–Crippen LogP) is 3.53. The van der Waals surface area contributed by atoms with Crippen molar-refractivity contribution in [1.82, 2.24) is 19.4 Å². The first-order chi connectivity index (χ1) is 12.2. The van der Waals surface area contributed by atoms with Crippen molar-refractivity contribution in [3.63, 3.8) is 0 Å². The van der Waals surface area contributed by atoms with E-state index in [1.165, 1.54) is 0 Å². The summed E-state index contributed by atoms with van der Waals surface area (Å²) in [5, 5.41) is 0. The van der Waals surface area contributed by atoms with Gasteiger partial charge in [0, 0.05) is 54.0 Å². The molecule has 0 aliphatic rings. The highest BCUT2D eigenvalue weighted by molar-refractivity contribution is 6.03. The van der Waals surface area contributed by atoms with Crippen molar-refractivity contribution in [2.75, 3.05) is 0 Å². The first kappa shape index (κ1) is 15.2. The lowest BCUT2D eigenvalue weighted by Gasteiger charge is -2.10. The Kier molecular flexibility index (Phi) is 3.82. The van der Waals surface area contributed by atoms with E-state index in [1.807, 2.05) is 60.2 Å². The van der Waals surface area contributed by atoms with Crippen molar-refractivity contribution in [1.29, 1.82) is 0 Å². The van der Waals surface area contributed by atoms with Crippen LogP contribution in [0.2, 0.25) is 0 Å². The van der Waals surface area contributed by atoms with Gasteiger partial charge in [-0.1, -0.05) is 6.07 Å². The van der Waals surface area contributed by atoms with Crippen molar-refractivity contribution in [2.24, 2.45) is 0 Å².